The fourth-order valence-corrected chi connectivity index (χ4v) is 7.62. The number of rotatable bonds is 5. The van der Waals surface area contributed by atoms with Gasteiger partial charge in [-0.15, -0.1) is 0 Å². The van der Waals surface area contributed by atoms with E-state index in [9.17, 15) is 22.8 Å². The van der Waals surface area contributed by atoms with Gasteiger partial charge < -0.3 is 26.0 Å². The molecule has 11 nitrogen and oxygen atoms in total. The maximum Gasteiger partial charge on any atom is 0.433 e. The summed E-state index contributed by atoms with van der Waals surface area (Å²) in [5.41, 5.74) is 4.79. The molecular formula is C38H38ClF3N8O3. The number of alkyl halides is 3. The molecule has 2 aliphatic heterocycles. The highest BCUT2D eigenvalue weighted by molar-refractivity contribution is 6.36. The van der Waals surface area contributed by atoms with E-state index in [4.69, 9.17) is 21.3 Å². The molecule has 2 amide bonds. The molecule has 2 aromatic carbocycles. The van der Waals surface area contributed by atoms with E-state index in [-0.39, 0.29) is 28.2 Å². The van der Waals surface area contributed by atoms with Crippen molar-refractivity contribution in [2.24, 2.45) is 7.05 Å². The summed E-state index contributed by atoms with van der Waals surface area (Å²) >= 11 is 7.01. The van der Waals surface area contributed by atoms with Crippen molar-refractivity contribution in [2.45, 2.75) is 50.7 Å². The number of methoxy groups -OCH3 is 1. The predicted molar refractivity (Wildman–Crippen MR) is 198 cm³/mol. The second-order valence-electron chi connectivity index (χ2n) is 13.5. The van der Waals surface area contributed by atoms with Crippen LogP contribution in [-0.4, -0.2) is 58.1 Å². The van der Waals surface area contributed by atoms with Crippen molar-refractivity contribution < 1.29 is 22.7 Å². The lowest BCUT2D eigenvalue weighted by Crippen LogP contribution is -2.59. The normalized spacial score (nSPS) is 17.9. The van der Waals surface area contributed by atoms with Crippen molar-refractivity contribution >= 4 is 39.9 Å². The molecule has 3 aromatic heterocycles. The van der Waals surface area contributed by atoms with Crippen LogP contribution in [0.25, 0.3) is 33.2 Å². The van der Waals surface area contributed by atoms with E-state index in [0.717, 1.165) is 84.7 Å². The molecule has 0 radical (unpaired) electrons. The van der Waals surface area contributed by atoms with Crippen LogP contribution >= 0.6 is 11.6 Å². The van der Waals surface area contributed by atoms with Gasteiger partial charge in [0.2, 0.25) is 5.88 Å². The third-order valence-electron chi connectivity index (χ3n) is 10.1. The Morgan fingerprint density at radius 1 is 1.00 bits per heavy atom. The van der Waals surface area contributed by atoms with Gasteiger partial charge in [-0.2, -0.15) is 18.3 Å². The van der Waals surface area contributed by atoms with Gasteiger partial charge in [0, 0.05) is 47.9 Å². The summed E-state index contributed by atoms with van der Waals surface area (Å²) in [7, 11) is 3.04. The second-order valence-corrected chi connectivity index (χ2v) is 13.9. The molecule has 2 fully saturated rings. The molecule has 15 heteroatoms. The molecule has 0 bridgehead atoms. The number of aromatic nitrogens is 4. The Labute approximate surface area is 308 Å². The van der Waals surface area contributed by atoms with Crippen LogP contribution in [0.3, 0.4) is 0 Å². The molecule has 4 N–H and O–H groups in total. The number of hydrogen-bond donors (Lipinski definition) is 4. The van der Waals surface area contributed by atoms with Gasteiger partial charge in [0.15, 0.2) is 0 Å². The maximum atomic E-state index is 13.7. The summed E-state index contributed by atoms with van der Waals surface area (Å²) in [5.74, 6) is 0.392. The number of hydrogen-bond acceptors (Lipinski definition) is 8. The number of anilines is 2. The Kier molecular flexibility index (Phi) is 9.77. The summed E-state index contributed by atoms with van der Waals surface area (Å²) in [6.45, 7) is 4.60. The number of benzene rings is 2. The highest BCUT2D eigenvalue weighted by Crippen LogP contribution is 2.41. The number of amides is 2. The van der Waals surface area contributed by atoms with Crippen LogP contribution in [-0.2, 0) is 26.1 Å². The summed E-state index contributed by atoms with van der Waals surface area (Å²) in [6.07, 6.45) is 1.54. The first-order chi connectivity index (χ1) is 25.4. The van der Waals surface area contributed by atoms with E-state index in [2.05, 4.69) is 37.4 Å². The molecule has 1 atom stereocenters. The number of carbonyl (C=O) groups is 1. The Morgan fingerprint density at radius 2 is 1.75 bits per heavy atom. The third-order valence-corrected chi connectivity index (χ3v) is 10.5. The molecule has 5 aromatic rings. The first-order valence-corrected chi connectivity index (χ1v) is 17.7. The van der Waals surface area contributed by atoms with Crippen molar-refractivity contribution in [1.82, 2.24) is 35.7 Å². The van der Waals surface area contributed by atoms with Crippen LogP contribution in [0.2, 0.25) is 5.02 Å². The van der Waals surface area contributed by atoms with Crippen LogP contribution in [0.5, 0.6) is 5.88 Å². The molecule has 53 heavy (non-hydrogen) atoms. The zero-order valence-electron chi connectivity index (χ0n) is 29.4. The van der Waals surface area contributed by atoms with Crippen molar-refractivity contribution in [1.29, 1.82) is 0 Å². The average molecular weight is 747 g/mol. The van der Waals surface area contributed by atoms with Gasteiger partial charge in [0.1, 0.15) is 11.5 Å². The highest BCUT2D eigenvalue weighted by Gasteiger charge is 2.37. The lowest BCUT2D eigenvalue weighted by atomic mass is 9.93. The van der Waals surface area contributed by atoms with E-state index >= 15 is 0 Å². The van der Waals surface area contributed by atoms with Crippen LogP contribution in [0, 0.1) is 6.92 Å². The summed E-state index contributed by atoms with van der Waals surface area (Å²) < 4.78 is 47.7. The molecule has 5 heterocycles. The predicted octanol–water partition coefficient (Wildman–Crippen LogP) is 6.70. The number of ether oxygens (including phenoxy) is 1. The van der Waals surface area contributed by atoms with E-state index < -0.39 is 17.4 Å². The van der Waals surface area contributed by atoms with Crippen molar-refractivity contribution in [2.75, 3.05) is 32.1 Å². The summed E-state index contributed by atoms with van der Waals surface area (Å²) in [5, 5.41) is 16.4. The van der Waals surface area contributed by atoms with Crippen molar-refractivity contribution in [3.63, 3.8) is 0 Å². The number of urea groups is 1. The van der Waals surface area contributed by atoms with Gasteiger partial charge in [-0.25, -0.2) is 19.4 Å². The maximum absolute atomic E-state index is 13.7. The number of nitrogens with one attached hydrogen (secondary N) is 4. The smallest absolute Gasteiger partial charge is 0.433 e. The van der Waals surface area contributed by atoms with Gasteiger partial charge in [-0.1, -0.05) is 41.9 Å². The van der Waals surface area contributed by atoms with Crippen LogP contribution in [0.1, 0.15) is 41.6 Å². The van der Waals surface area contributed by atoms with Crippen LogP contribution in [0.15, 0.2) is 59.5 Å². The quantitative estimate of drug-likeness (QED) is 0.156. The Morgan fingerprint density at radius 3 is 2.49 bits per heavy atom. The number of fused-ring (bicyclic) bond motifs is 2. The molecule has 276 valence electrons. The summed E-state index contributed by atoms with van der Waals surface area (Å²) in [4.78, 5) is 32.4. The van der Waals surface area contributed by atoms with Gasteiger partial charge >= 0.3 is 12.2 Å². The molecule has 1 spiro atoms. The number of carbonyl (C=O) groups excluding carboxylic acids is 1. The van der Waals surface area contributed by atoms with E-state index in [1.807, 2.05) is 31.2 Å². The lowest BCUT2D eigenvalue weighted by molar-refractivity contribution is -0.141. The largest absolute Gasteiger partial charge is 0.481 e. The van der Waals surface area contributed by atoms with Gasteiger partial charge in [-0.05, 0) is 80.5 Å². The van der Waals surface area contributed by atoms with Gasteiger partial charge in [0.25, 0.3) is 5.56 Å². The number of halogens is 4. The van der Waals surface area contributed by atoms with E-state index in [1.165, 1.54) is 18.8 Å². The molecular weight excluding hydrogens is 709 g/mol. The zero-order valence-corrected chi connectivity index (χ0v) is 30.1. The van der Waals surface area contributed by atoms with E-state index in [1.54, 1.807) is 19.2 Å². The fraction of sp³-hybridized carbons (Fsp3) is 0.342. The topological polar surface area (TPSA) is 135 Å². The Bertz CT molecular complexity index is 2290. The fourth-order valence-electron chi connectivity index (χ4n) is 7.30. The Balaban J connectivity index is 0.000000336. The molecule has 3 aliphatic rings. The molecule has 0 saturated carbocycles. The Hall–Kier alpha value is -5.21. The second kappa shape index (κ2) is 14.3. The first-order valence-electron chi connectivity index (χ1n) is 17.3. The lowest BCUT2D eigenvalue weighted by Gasteiger charge is -2.33. The van der Waals surface area contributed by atoms with Crippen LogP contribution in [0.4, 0.5) is 29.5 Å². The molecule has 1 aliphatic carbocycles. The van der Waals surface area contributed by atoms with Crippen molar-refractivity contribution in [3.8, 4) is 28.3 Å². The standard InChI is InChI=1S/C31H25ClF3N5O2.C7H13N3O/c1-16-19(21-10-5-11-22(27(21)32)24-13-17-7-4-9-20(17)29(38-24)42-3)8-6-12-23(16)37-28-26-18(15-36-40(2)30(26)41)14-25(39-28)31(33,34)35;11-6-9-4-2-7(10-6)1-3-8-5-7/h5-6,8,10-15H,4,7,9H2,1-3H3,(H,37,39);8H,1-5H2,(H2,9,10,11). The monoisotopic (exact) mass is 746 g/mol. The van der Waals surface area contributed by atoms with E-state index in [0.29, 0.717) is 27.8 Å². The van der Waals surface area contributed by atoms with Gasteiger partial charge in [0.05, 0.1) is 34.9 Å². The van der Waals surface area contributed by atoms with Crippen LogP contribution < -0.4 is 31.6 Å². The SMILES string of the molecule is COc1nc(-c2cccc(-c3cccc(Nc4nc(C(F)(F)F)cc5cnn(C)c(=O)c45)c3C)c2Cl)cc2c1CCC2.O=C1NCCC2(CCNC2)N1. The minimum absolute atomic E-state index is 0.00182. The summed E-state index contributed by atoms with van der Waals surface area (Å²) in [6, 6.07) is 13.9. The third kappa shape index (κ3) is 7.12. The zero-order chi connectivity index (χ0) is 37.5. The molecule has 2 saturated heterocycles. The highest BCUT2D eigenvalue weighted by atomic mass is 35.5. The number of pyridine rings is 2. The number of aryl methyl sites for hydroxylation is 2. The average Bonchev–Trinajstić information content (AvgIpc) is 3.80. The molecule has 8 rings (SSSR count). The van der Waals surface area contributed by atoms with Crippen molar-refractivity contribution in [3.05, 3.63) is 92.5 Å². The number of nitrogens with zero attached hydrogens (tertiary/aromatic N) is 4. The molecule has 1 unspecified atom stereocenters. The minimum atomic E-state index is -4.72. The minimum Gasteiger partial charge on any atom is -0.481 e. The van der Waals surface area contributed by atoms with Gasteiger partial charge in [-0.3, -0.25) is 4.79 Å². The first kappa shape index (κ1) is 36.2.